The summed E-state index contributed by atoms with van der Waals surface area (Å²) in [5.41, 5.74) is 2.38. The van der Waals surface area contributed by atoms with Crippen LogP contribution in [0.25, 0.3) is 6.08 Å². The largest absolute Gasteiger partial charge is 0.365 e. The van der Waals surface area contributed by atoms with Crippen LogP contribution < -0.4 is 0 Å². The van der Waals surface area contributed by atoms with E-state index in [2.05, 4.69) is 0 Å². The summed E-state index contributed by atoms with van der Waals surface area (Å²) < 4.78 is 6.56. The zero-order valence-electron chi connectivity index (χ0n) is 17.4. The van der Waals surface area contributed by atoms with Crippen molar-refractivity contribution in [3.63, 3.8) is 0 Å². The molecule has 1 spiro atoms. The smallest absolute Gasteiger partial charge is 0.169 e. The highest BCUT2D eigenvalue weighted by atomic mass is 16.6. The summed E-state index contributed by atoms with van der Waals surface area (Å²) in [6.45, 7) is 0. The van der Waals surface area contributed by atoms with Crippen molar-refractivity contribution >= 4 is 11.9 Å². The van der Waals surface area contributed by atoms with Gasteiger partial charge in [-0.05, 0) is 54.9 Å². The van der Waals surface area contributed by atoms with E-state index in [-0.39, 0.29) is 11.7 Å². The van der Waals surface area contributed by atoms with Gasteiger partial charge in [-0.3, -0.25) is 4.79 Å². The number of rotatable bonds is 2. The summed E-state index contributed by atoms with van der Waals surface area (Å²) in [5, 5.41) is 11.5. The number of ketones is 1. The summed E-state index contributed by atoms with van der Waals surface area (Å²) >= 11 is 0. The summed E-state index contributed by atoms with van der Waals surface area (Å²) in [6.07, 6.45) is 8.73. The summed E-state index contributed by atoms with van der Waals surface area (Å²) in [6, 6.07) is 20.1. The van der Waals surface area contributed by atoms with E-state index in [1.807, 2.05) is 66.7 Å². The number of ether oxygens (including phenoxy) is 1. The van der Waals surface area contributed by atoms with E-state index < -0.39 is 17.3 Å². The Morgan fingerprint density at radius 1 is 0.933 bits per heavy atom. The minimum atomic E-state index is -1.12. The first kappa shape index (κ1) is 19.7. The Balaban J connectivity index is 1.56. The minimum Gasteiger partial charge on any atom is -0.365 e. The molecular formula is C27H30O3. The Kier molecular flexibility index (Phi) is 5.12. The molecule has 1 aliphatic heterocycles. The predicted octanol–water partition coefficient (Wildman–Crippen LogP) is 5.85. The first-order chi connectivity index (χ1) is 14.6. The van der Waals surface area contributed by atoms with Gasteiger partial charge in [0.25, 0.3) is 0 Å². The maximum absolute atomic E-state index is 13.9. The van der Waals surface area contributed by atoms with Crippen LogP contribution in [0.5, 0.6) is 0 Å². The predicted molar refractivity (Wildman–Crippen MR) is 118 cm³/mol. The number of fused-ring (bicyclic) bond motifs is 1. The van der Waals surface area contributed by atoms with Gasteiger partial charge in [-0.15, -0.1) is 0 Å². The van der Waals surface area contributed by atoms with Gasteiger partial charge in [0.2, 0.25) is 0 Å². The number of Topliss-reactive ketones (excluding diaryl/α,β-unsaturated/α-hetero) is 1. The molecule has 0 aromatic heterocycles. The molecule has 4 unspecified atom stereocenters. The number of allylic oxidation sites excluding steroid dienone is 1. The average molecular weight is 403 g/mol. The zero-order chi connectivity index (χ0) is 20.6. The van der Waals surface area contributed by atoms with Gasteiger partial charge in [-0.1, -0.05) is 73.5 Å². The van der Waals surface area contributed by atoms with Crippen molar-refractivity contribution in [3.05, 3.63) is 77.4 Å². The van der Waals surface area contributed by atoms with Crippen LogP contribution in [0.15, 0.2) is 66.2 Å². The molecule has 0 bridgehead atoms. The molecule has 2 aromatic carbocycles. The maximum Gasteiger partial charge on any atom is 0.169 e. The van der Waals surface area contributed by atoms with Crippen molar-refractivity contribution in [3.8, 4) is 0 Å². The van der Waals surface area contributed by atoms with Gasteiger partial charge >= 0.3 is 0 Å². The Labute approximate surface area is 178 Å². The molecular weight excluding hydrogens is 372 g/mol. The minimum absolute atomic E-state index is 0.0278. The standard InChI is InChI=1S/C27H30O3/c28-24-22(18-20-10-4-1-5-11-20)15-17-26(24)19-23-14-8-3-9-16-27(23,29)30-25(26)21-12-6-2-7-13-21/h1-2,4-7,10-13,18,23,25,29H,3,8-9,14-17,19H2/b22-18+. The molecule has 1 heterocycles. The first-order valence-corrected chi connectivity index (χ1v) is 11.4. The lowest BCUT2D eigenvalue weighted by molar-refractivity contribution is -0.314. The number of carbonyl (C=O) groups is 1. The van der Waals surface area contributed by atoms with E-state index in [9.17, 15) is 9.90 Å². The van der Waals surface area contributed by atoms with Gasteiger partial charge in [0, 0.05) is 12.3 Å². The summed E-state index contributed by atoms with van der Waals surface area (Å²) in [7, 11) is 0. The molecule has 5 rings (SSSR count). The van der Waals surface area contributed by atoms with Crippen LogP contribution in [-0.4, -0.2) is 16.7 Å². The lowest BCUT2D eigenvalue weighted by Gasteiger charge is -2.51. The fraction of sp³-hybridized carbons (Fsp3) is 0.444. The van der Waals surface area contributed by atoms with E-state index in [1.165, 1.54) is 0 Å². The third-order valence-corrected chi connectivity index (χ3v) is 7.49. The molecule has 4 atom stereocenters. The molecule has 0 amide bonds. The summed E-state index contributed by atoms with van der Waals surface area (Å²) in [4.78, 5) is 13.9. The second-order valence-electron chi connectivity index (χ2n) is 9.32. The molecule has 3 nitrogen and oxygen atoms in total. The molecule has 3 fully saturated rings. The highest BCUT2D eigenvalue weighted by Crippen LogP contribution is 2.60. The van der Waals surface area contributed by atoms with Gasteiger partial charge in [0.1, 0.15) is 0 Å². The average Bonchev–Trinajstić information content (AvgIpc) is 2.95. The number of hydrogen-bond donors (Lipinski definition) is 1. The van der Waals surface area contributed by atoms with Crippen molar-refractivity contribution in [1.82, 2.24) is 0 Å². The van der Waals surface area contributed by atoms with Crippen LogP contribution in [0.1, 0.15) is 68.6 Å². The Morgan fingerprint density at radius 2 is 1.67 bits per heavy atom. The van der Waals surface area contributed by atoms with Gasteiger partial charge in [0.05, 0.1) is 11.5 Å². The molecule has 2 saturated carbocycles. The van der Waals surface area contributed by atoms with Crippen LogP contribution in [0, 0.1) is 11.3 Å². The van der Waals surface area contributed by atoms with Crippen LogP contribution >= 0.6 is 0 Å². The second-order valence-corrected chi connectivity index (χ2v) is 9.32. The molecule has 156 valence electrons. The highest BCUT2D eigenvalue weighted by molar-refractivity contribution is 6.06. The Hall–Kier alpha value is -2.23. The fourth-order valence-corrected chi connectivity index (χ4v) is 5.91. The highest BCUT2D eigenvalue weighted by Gasteiger charge is 2.60. The van der Waals surface area contributed by atoms with Gasteiger partial charge in [-0.25, -0.2) is 0 Å². The van der Waals surface area contributed by atoms with E-state index in [0.29, 0.717) is 12.8 Å². The van der Waals surface area contributed by atoms with Crippen molar-refractivity contribution in [2.45, 2.75) is 63.3 Å². The molecule has 30 heavy (non-hydrogen) atoms. The number of hydrogen-bond acceptors (Lipinski definition) is 3. The lowest BCUT2D eigenvalue weighted by atomic mass is 9.65. The Bertz CT molecular complexity index is 935. The van der Waals surface area contributed by atoms with Gasteiger partial charge in [-0.2, -0.15) is 0 Å². The molecule has 3 heteroatoms. The third kappa shape index (κ3) is 3.34. The van der Waals surface area contributed by atoms with Crippen molar-refractivity contribution in [1.29, 1.82) is 0 Å². The molecule has 1 saturated heterocycles. The van der Waals surface area contributed by atoms with Gasteiger partial charge < -0.3 is 9.84 Å². The van der Waals surface area contributed by atoms with Crippen molar-refractivity contribution in [2.75, 3.05) is 0 Å². The van der Waals surface area contributed by atoms with Crippen LogP contribution in [0.3, 0.4) is 0 Å². The van der Waals surface area contributed by atoms with Crippen molar-refractivity contribution in [2.24, 2.45) is 11.3 Å². The van der Waals surface area contributed by atoms with Crippen LogP contribution in [0.2, 0.25) is 0 Å². The summed E-state index contributed by atoms with van der Waals surface area (Å²) in [5.74, 6) is -0.875. The lowest BCUT2D eigenvalue weighted by Crippen LogP contribution is -2.53. The Morgan fingerprint density at radius 3 is 2.43 bits per heavy atom. The monoisotopic (exact) mass is 402 g/mol. The topological polar surface area (TPSA) is 46.5 Å². The quantitative estimate of drug-likeness (QED) is 0.641. The van der Waals surface area contributed by atoms with Crippen LogP contribution in [0.4, 0.5) is 0 Å². The maximum atomic E-state index is 13.9. The number of carbonyl (C=O) groups excluding carboxylic acids is 1. The molecule has 2 aliphatic carbocycles. The second kappa shape index (κ2) is 7.79. The first-order valence-electron chi connectivity index (χ1n) is 11.4. The van der Waals surface area contributed by atoms with Gasteiger partial charge in [0.15, 0.2) is 11.6 Å². The van der Waals surface area contributed by atoms with Crippen LogP contribution in [-0.2, 0) is 9.53 Å². The fourth-order valence-electron chi connectivity index (χ4n) is 5.91. The SMILES string of the molecule is O=C1/C(=C/c2ccccc2)CCC12CC1CCCCCC1(O)OC2c1ccccc1. The molecule has 1 N–H and O–H groups in total. The van der Waals surface area contributed by atoms with E-state index >= 15 is 0 Å². The van der Waals surface area contributed by atoms with E-state index in [0.717, 1.165) is 55.2 Å². The van der Waals surface area contributed by atoms with E-state index in [1.54, 1.807) is 0 Å². The molecule has 0 radical (unpaired) electrons. The molecule has 3 aliphatic rings. The number of benzene rings is 2. The number of aliphatic hydroxyl groups is 1. The molecule has 2 aromatic rings. The normalized spacial score (nSPS) is 35.4. The van der Waals surface area contributed by atoms with Crippen molar-refractivity contribution < 1.29 is 14.6 Å². The van der Waals surface area contributed by atoms with E-state index in [4.69, 9.17) is 4.74 Å². The third-order valence-electron chi connectivity index (χ3n) is 7.49. The zero-order valence-corrected chi connectivity index (χ0v) is 17.4.